The van der Waals surface area contributed by atoms with E-state index in [1.54, 1.807) is 6.07 Å². The molecular formula is C21H23BrO7. The summed E-state index contributed by atoms with van der Waals surface area (Å²) in [6.07, 6.45) is 0.305. The van der Waals surface area contributed by atoms with E-state index in [0.29, 0.717) is 28.0 Å². The number of aromatic hydroxyl groups is 1. The largest absolute Gasteiger partial charge is 0.507 e. The molecule has 7 nitrogen and oxygen atoms in total. The second-order valence-electron chi connectivity index (χ2n) is 6.47. The number of aliphatic hydroxyl groups is 1. The highest BCUT2D eigenvalue weighted by molar-refractivity contribution is 9.10. The molecule has 0 spiro atoms. The number of hydrogen-bond acceptors (Lipinski definition) is 6. The van der Waals surface area contributed by atoms with Crippen molar-refractivity contribution in [2.75, 3.05) is 13.2 Å². The number of benzene rings is 2. The zero-order valence-corrected chi connectivity index (χ0v) is 17.7. The lowest BCUT2D eigenvalue weighted by Crippen LogP contribution is -2.25. The van der Waals surface area contributed by atoms with Crippen molar-refractivity contribution in [1.29, 1.82) is 0 Å². The summed E-state index contributed by atoms with van der Waals surface area (Å²) in [4.78, 5) is 22.6. The maximum absolute atomic E-state index is 11.6. The Morgan fingerprint density at radius 3 is 2.28 bits per heavy atom. The maximum atomic E-state index is 11.6. The molecule has 0 saturated carbocycles. The van der Waals surface area contributed by atoms with Gasteiger partial charge in [0.1, 0.15) is 36.6 Å². The van der Waals surface area contributed by atoms with Crippen LogP contribution in [-0.4, -0.2) is 46.4 Å². The zero-order valence-electron chi connectivity index (χ0n) is 16.1. The van der Waals surface area contributed by atoms with Gasteiger partial charge >= 0.3 is 5.97 Å². The number of halogens is 1. The number of phenols is 1. The molecule has 0 heterocycles. The Kier molecular flexibility index (Phi) is 8.04. The number of ketones is 1. The van der Waals surface area contributed by atoms with Gasteiger partial charge in [-0.05, 0) is 59.6 Å². The molecule has 0 aliphatic heterocycles. The third kappa shape index (κ3) is 5.95. The summed E-state index contributed by atoms with van der Waals surface area (Å²) in [5, 5.41) is 29.5. The van der Waals surface area contributed by atoms with Gasteiger partial charge in [0.05, 0.1) is 15.6 Å². The summed E-state index contributed by atoms with van der Waals surface area (Å²) < 4.78 is 11.6. The van der Waals surface area contributed by atoms with E-state index in [1.165, 1.54) is 31.2 Å². The predicted molar refractivity (Wildman–Crippen MR) is 110 cm³/mol. The SMILES string of the molecule is CCCc1c(OCC(O)COc2ccc(C(=O)O)cc2Br)ccc(C(C)=O)c1O. The first-order valence-corrected chi connectivity index (χ1v) is 9.86. The fourth-order valence-corrected chi connectivity index (χ4v) is 3.19. The maximum Gasteiger partial charge on any atom is 0.335 e. The van der Waals surface area contributed by atoms with Crippen LogP contribution < -0.4 is 9.47 Å². The Hall–Kier alpha value is -2.58. The van der Waals surface area contributed by atoms with E-state index in [9.17, 15) is 19.8 Å². The average molecular weight is 467 g/mol. The van der Waals surface area contributed by atoms with Crippen LogP contribution in [0, 0.1) is 0 Å². The van der Waals surface area contributed by atoms with Gasteiger partial charge in [0.2, 0.25) is 0 Å². The average Bonchev–Trinajstić information content (AvgIpc) is 2.67. The number of ether oxygens (including phenoxy) is 2. The number of rotatable bonds is 10. The lowest BCUT2D eigenvalue weighted by molar-refractivity contribution is 0.0618. The molecule has 0 bridgehead atoms. The highest BCUT2D eigenvalue weighted by Crippen LogP contribution is 2.33. The van der Waals surface area contributed by atoms with Crippen LogP contribution in [-0.2, 0) is 6.42 Å². The van der Waals surface area contributed by atoms with Crippen molar-refractivity contribution in [1.82, 2.24) is 0 Å². The number of carbonyl (C=O) groups is 2. The molecule has 0 saturated heterocycles. The lowest BCUT2D eigenvalue weighted by atomic mass is 10.0. The number of aliphatic hydroxyl groups excluding tert-OH is 1. The van der Waals surface area contributed by atoms with E-state index in [0.717, 1.165) is 6.42 Å². The molecule has 1 unspecified atom stereocenters. The predicted octanol–water partition coefficient (Wildman–Crippen LogP) is 3.83. The molecule has 3 N–H and O–H groups in total. The number of carboxylic acids is 1. The van der Waals surface area contributed by atoms with Gasteiger partial charge in [-0.15, -0.1) is 0 Å². The normalized spacial score (nSPS) is 11.7. The Balaban J connectivity index is 2.00. The van der Waals surface area contributed by atoms with Gasteiger partial charge in [0.25, 0.3) is 0 Å². The standard InChI is InChI=1S/C21H23BrO7/c1-3-4-16-18(8-6-15(12(2)23)20(16)25)28-10-14(24)11-29-19-7-5-13(21(26)27)9-17(19)22/h5-9,14,24-25H,3-4,10-11H2,1-2H3,(H,26,27). The second-order valence-corrected chi connectivity index (χ2v) is 7.33. The van der Waals surface area contributed by atoms with E-state index in [2.05, 4.69) is 15.9 Å². The molecule has 0 amide bonds. The molecule has 0 aliphatic carbocycles. The van der Waals surface area contributed by atoms with Crippen LogP contribution in [0.2, 0.25) is 0 Å². The topological polar surface area (TPSA) is 113 Å². The number of carboxylic acid groups (broad SMARTS) is 1. The summed E-state index contributed by atoms with van der Waals surface area (Å²) >= 11 is 3.24. The Morgan fingerprint density at radius 1 is 1.10 bits per heavy atom. The molecule has 8 heteroatoms. The van der Waals surface area contributed by atoms with Crippen molar-refractivity contribution in [3.8, 4) is 17.2 Å². The van der Waals surface area contributed by atoms with E-state index < -0.39 is 12.1 Å². The quantitative estimate of drug-likeness (QED) is 0.455. The third-order valence-electron chi connectivity index (χ3n) is 4.16. The molecule has 156 valence electrons. The first-order chi connectivity index (χ1) is 13.7. The molecule has 0 radical (unpaired) electrons. The molecule has 2 aromatic rings. The van der Waals surface area contributed by atoms with Crippen LogP contribution in [0.3, 0.4) is 0 Å². The van der Waals surface area contributed by atoms with Crippen LogP contribution in [0.25, 0.3) is 0 Å². The highest BCUT2D eigenvalue weighted by atomic mass is 79.9. The number of aromatic carboxylic acids is 1. The van der Waals surface area contributed by atoms with Crippen LogP contribution in [0.4, 0.5) is 0 Å². The fraction of sp³-hybridized carbons (Fsp3) is 0.333. The van der Waals surface area contributed by atoms with Gasteiger partial charge in [-0.1, -0.05) is 13.3 Å². The van der Waals surface area contributed by atoms with Crippen molar-refractivity contribution < 1.29 is 34.4 Å². The minimum atomic E-state index is -1.05. The van der Waals surface area contributed by atoms with Crippen LogP contribution in [0.5, 0.6) is 17.2 Å². The van der Waals surface area contributed by atoms with Gasteiger partial charge in [-0.3, -0.25) is 4.79 Å². The molecule has 2 aromatic carbocycles. The summed E-state index contributed by atoms with van der Waals surface area (Å²) in [6, 6.07) is 7.42. The first kappa shape index (κ1) is 22.7. The van der Waals surface area contributed by atoms with Gasteiger partial charge in [0.15, 0.2) is 5.78 Å². The van der Waals surface area contributed by atoms with Crippen molar-refractivity contribution in [2.24, 2.45) is 0 Å². The van der Waals surface area contributed by atoms with Crippen molar-refractivity contribution in [2.45, 2.75) is 32.8 Å². The fourth-order valence-electron chi connectivity index (χ4n) is 2.70. The van der Waals surface area contributed by atoms with Crippen molar-refractivity contribution >= 4 is 27.7 Å². The van der Waals surface area contributed by atoms with Crippen molar-refractivity contribution in [3.63, 3.8) is 0 Å². The number of carbonyl (C=O) groups excluding carboxylic acids is 1. The molecule has 0 aromatic heterocycles. The van der Waals surface area contributed by atoms with Crippen molar-refractivity contribution in [3.05, 3.63) is 51.5 Å². The summed E-state index contributed by atoms with van der Waals surface area (Å²) in [5.41, 5.74) is 0.880. The Morgan fingerprint density at radius 2 is 1.72 bits per heavy atom. The minimum Gasteiger partial charge on any atom is -0.507 e. The number of Topliss-reactive ketones (excluding diaryl/α,β-unsaturated/α-hetero) is 1. The summed E-state index contributed by atoms with van der Waals surface area (Å²) in [6.45, 7) is 3.17. The van der Waals surface area contributed by atoms with E-state index in [4.69, 9.17) is 14.6 Å². The molecule has 1 atom stereocenters. The van der Waals surface area contributed by atoms with E-state index >= 15 is 0 Å². The van der Waals surface area contributed by atoms with Gasteiger partial charge in [-0.25, -0.2) is 4.79 Å². The molecule has 0 aliphatic rings. The van der Waals surface area contributed by atoms with Crippen LogP contribution >= 0.6 is 15.9 Å². The van der Waals surface area contributed by atoms with Crippen LogP contribution in [0.1, 0.15) is 46.5 Å². The molecule has 2 rings (SSSR count). The number of hydrogen-bond donors (Lipinski definition) is 3. The summed E-state index contributed by atoms with van der Waals surface area (Å²) in [7, 11) is 0. The van der Waals surface area contributed by atoms with Gasteiger partial charge < -0.3 is 24.8 Å². The van der Waals surface area contributed by atoms with E-state index in [1.807, 2.05) is 6.92 Å². The Bertz CT molecular complexity index is 895. The highest BCUT2D eigenvalue weighted by Gasteiger charge is 2.17. The Labute approximate surface area is 177 Å². The second kappa shape index (κ2) is 10.3. The zero-order chi connectivity index (χ0) is 21.6. The van der Waals surface area contributed by atoms with Gasteiger partial charge in [-0.2, -0.15) is 0 Å². The minimum absolute atomic E-state index is 0.0777. The van der Waals surface area contributed by atoms with Gasteiger partial charge in [0, 0.05) is 5.56 Å². The smallest absolute Gasteiger partial charge is 0.335 e. The van der Waals surface area contributed by atoms with Crippen LogP contribution in [0.15, 0.2) is 34.8 Å². The number of phenolic OH excluding ortho intramolecular Hbond substituents is 1. The molecular weight excluding hydrogens is 444 g/mol. The summed E-state index contributed by atoms with van der Waals surface area (Å²) in [5.74, 6) is -0.582. The van der Waals surface area contributed by atoms with E-state index in [-0.39, 0.29) is 35.9 Å². The monoisotopic (exact) mass is 466 g/mol. The molecule has 29 heavy (non-hydrogen) atoms. The first-order valence-electron chi connectivity index (χ1n) is 9.06. The third-order valence-corrected chi connectivity index (χ3v) is 4.78. The molecule has 0 fully saturated rings. The lowest BCUT2D eigenvalue weighted by Gasteiger charge is -2.17.